The van der Waals surface area contributed by atoms with Crippen molar-refractivity contribution in [3.8, 4) is 17.1 Å². The summed E-state index contributed by atoms with van der Waals surface area (Å²) in [5, 5.41) is 0. The van der Waals surface area contributed by atoms with Gasteiger partial charge in [-0.25, -0.2) is 4.98 Å². The molecular weight excluding hydrogens is 258 g/mol. The fourth-order valence-corrected chi connectivity index (χ4v) is 1.94. The Balaban J connectivity index is 2.05. The highest BCUT2D eigenvalue weighted by Crippen LogP contribution is 2.21. The van der Waals surface area contributed by atoms with Gasteiger partial charge in [-0.2, -0.15) is 4.98 Å². The molecule has 2 heterocycles. The lowest BCUT2D eigenvalue weighted by molar-refractivity contribution is 0.340. The first kappa shape index (κ1) is 12.2. The van der Waals surface area contributed by atoms with Crippen molar-refractivity contribution in [2.75, 3.05) is 12.3 Å². The number of nitrogen functional groups attached to an aromatic ring is 1. The van der Waals surface area contributed by atoms with Crippen LogP contribution in [0.3, 0.4) is 0 Å². The van der Waals surface area contributed by atoms with Gasteiger partial charge < -0.3 is 15.5 Å². The van der Waals surface area contributed by atoms with E-state index in [1.807, 2.05) is 31.2 Å². The van der Waals surface area contributed by atoms with Gasteiger partial charge in [0.05, 0.1) is 6.61 Å². The number of nitrogens with two attached hydrogens (primary N) is 1. The Morgan fingerprint density at radius 1 is 1.20 bits per heavy atom. The Kier molecular flexibility index (Phi) is 2.86. The molecule has 0 aliphatic rings. The van der Waals surface area contributed by atoms with Crippen molar-refractivity contribution in [2.45, 2.75) is 6.92 Å². The molecule has 1 aromatic carbocycles. The quantitative estimate of drug-likeness (QED) is 0.665. The summed E-state index contributed by atoms with van der Waals surface area (Å²) in [5.74, 6) is 1.39. The lowest BCUT2D eigenvalue weighted by atomic mass is 10.2. The topological polar surface area (TPSA) is 110 Å². The predicted octanol–water partition coefficient (Wildman–Crippen LogP) is 1.29. The first-order valence-corrected chi connectivity index (χ1v) is 6.16. The van der Waals surface area contributed by atoms with Gasteiger partial charge >= 0.3 is 0 Å². The van der Waals surface area contributed by atoms with Gasteiger partial charge in [-0.3, -0.25) is 9.78 Å². The van der Waals surface area contributed by atoms with Gasteiger partial charge in [0.15, 0.2) is 11.2 Å². The molecule has 3 rings (SSSR count). The van der Waals surface area contributed by atoms with Crippen LogP contribution >= 0.6 is 0 Å². The Morgan fingerprint density at radius 2 is 1.95 bits per heavy atom. The third-order valence-electron chi connectivity index (χ3n) is 2.82. The number of fused-ring (bicyclic) bond motifs is 1. The van der Waals surface area contributed by atoms with E-state index in [4.69, 9.17) is 10.5 Å². The van der Waals surface area contributed by atoms with Crippen molar-refractivity contribution >= 4 is 17.1 Å². The molecule has 0 atom stereocenters. The zero-order valence-electron chi connectivity index (χ0n) is 10.8. The predicted molar refractivity (Wildman–Crippen MR) is 75.5 cm³/mol. The van der Waals surface area contributed by atoms with Crippen LogP contribution in [0.4, 0.5) is 5.95 Å². The summed E-state index contributed by atoms with van der Waals surface area (Å²) in [6.45, 7) is 2.54. The maximum absolute atomic E-state index is 11.7. The minimum atomic E-state index is -0.336. The molecule has 0 radical (unpaired) electrons. The standard InChI is InChI=1S/C13H13N5O2/c1-2-20-8-5-3-7(4-6-8)10-15-9-11(16-10)17-13(14)18-12(9)19/h3-6H,2H2,1H3,(H4,14,15,16,17,18,19). The number of aromatic nitrogens is 4. The van der Waals surface area contributed by atoms with Crippen molar-refractivity contribution in [2.24, 2.45) is 0 Å². The summed E-state index contributed by atoms with van der Waals surface area (Å²) in [6.07, 6.45) is 0. The first-order chi connectivity index (χ1) is 9.67. The van der Waals surface area contributed by atoms with E-state index >= 15 is 0 Å². The average Bonchev–Trinajstić information content (AvgIpc) is 2.84. The monoisotopic (exact) mass is 271 g/mol. The highest BCUT2D eigenvalue weighted by atomic mass is 16.5. The van der Waals surface area contributed by atoms with Crippen molar-refractivity contribution in [3.63, 3.8) is 0 Å². The van der Waals surface area contributed by atoms with Crippen LogP contribution in [-0.2, 0) is 0 Å². The molecule has 0 amide bonds. The molecule has 0 spiro atoms. The molecule has 0 fully saturated rings. The second-order valence-electron chi connectivity index (χ2n) is 4.19. The second-order valence-corrected chi connectivity index (χ2v) is 4.19. The number of benzene rings is 1. The minimum Gasteiger partial charge on any atom is -0.494 e. The number of hydrogen-bond acceptors (Lipinski definition) is 5. The number of rotatable bonds is 3. The molecule has 2 aromatic heterocycles. The highest BCUT2D eigenvalue weighted by Gasteiger charge is 2.10. The maximum Gasteiger partial charge on any atom is 0.278 e. The summed E-state index contributed by atoms with van der Waals surface area (Å²) >= 11 is 0. The summed E-state index contributed by atoms with van der Waals surface area (Å²) in [5.41, 5.74) is 6.60. The second kappa shape index (κ2) is 4.69. The maximum atomic E-state index is 11.7. The Bertz CT molecular complexity index is 804. The van der Waals surface area contributed by atoms with Crippen molar-refractivity contribution in [1.82, 2.24) is 19.9 Å². The van der Waals surface area contributed by atoms with Crippen LogP contribution in [-0.4, -0.2) is 26.5 Å². The van der Waals surface area contributed by atoms with E-state index in [1.54, 1.807) is 0 Å². The van der Waals surface area contributed by atoms with Crippen molar-refractivity contribution < 1.29 is 4.74 Å². The number of H-pyrrole nitrogens is 2. The SMILES string of the molecule is CCOc1ccc(-c2nc3nc(N)[nH]c(=O)c3[nH]2)cc1. The van der Waals surface area contributed by atoms with Gasteiger partial charge in [-0.15, -0.1) is 0 Å². The van der Waals surface area contributed by atoms with E-state index in [0.717, 1.165) is 11.3 Å². The number of nitrogens with one attached hydrogen (secondary N) is 2. The number of ether oxygens (including phenoxy) is 1. The van der Waals surface area contributed by atoms with E-state index in [-0.39, 0.29) is 11.5 Å². The molecule has 0 saturated heterocycles. The molecule has 0 aliphatic carbocycles. The Hall–Kier alpha value is -2.83. The van der Waals surface area contributed by atoms with E-state index in [9.17, 15) is 4.79 Å². The largest absolute Gasteiger partial charge is 0.494 e. The number of hydrogen-bond donors (Lipinski definition) is 3. The van der Waals surface area contributed by atoms with Crippen LogP contribution in [0.1, 0.15) is 6.92 Å². The number of imidazole rings is 1. The lowest BCUT2D eigenvalue weighted by Gasteiger charge is -2.02. The van der Waals surface area contributed by atoms with Crippen LogP contribution in [0.15, 0.2) is 29.1 Å². The molecular formula is C13H13N5O2. The van der Waals surface area contributed by atoms with Crippen molar-refractivity contribution in [1.29, 1.82) is 0 Å². The fraction of sp³-hybridized carbons (Fsp3) is 0.154. The smallest absolute Gasteiger partial charge is 0.278 e. The third kappa shape index (κ3) is 2.09. The molecule has 0 saturated carbocycles. The van der Waals surface area contributed by atoms with Gasteiger partial charge in [0.1, 0.15) is 11.6 Å². The molecule has 0 unspecified atom stereocenters. The molecule has 3 aromatic rings. The van der Waals surface area contributed by atoms with Crippen LogP contribution in [0.25, 0.3) is 22.6 Å². The summed E-state index contributed by atoms with van der Waals surface area (Å²) in [7, 11) is 0. The number of aromatic amines is 2. The van der Waals surface area contributed by atoms with E-state index in [1.165, 1.54) is 0 Å². The number of anilines is 1. The van der Waals surface area contributed by atoms with Gasteiger partial charge in [-0.1, -0.05) is 0 Å². The average molecular weight is 271 g/mol. The summed E-state index contributed by atoms with van der Waals surface area (Å²) in [6, 6.07) is 7.41. The van der Waals surface area contributed by atoms with Crippen LogP contribution in [0.2, 0.25) is 0 Å². The summed E-state index contributed by atoms with van der Waals surface area (Å²) < 4.78 is 5.38. The molecule has 7 heteroatoms. The van der Waals surface area contributed by atoms with Gasteiger partial charge in [0.2, 0.25) is 5.95 Å². The van der Waals surface area contributed by atoms with Gasteiger partial charge in [-0.05, 0) is 31.2 Å². The fourth-order valence-electron chi connectivity index (χ4n) is 1.94. The van der Waals surface area contributed by atoms with Crippen LogP contribution < -0.4 is 16.0 Å². The van der Waals surface area contributed by atoms with Gasteiger partial charge in [0.25, 0.3) is 5.56 Å². The van der Waals surface area contributed by atoms with Crippen LogP contribution in [0.5, 0.6) is 5.75 Å². The van der Waals surface area contributed by atoms with E-state index in [0.29, 0.717) is 23.6 Å². The Morgan fingerprint density at radius 3 is 2.65 bits per heavy atom. The number of nitrogens with zero attached hydrogens (tertiary/aromatic N) is 2. The van der Waals surface area contributed by atoms with Crippen LogP contribution in [0, 0.1) is 0 Å². The van der Waals surface area contributed by atoms with E-state index in [2.05, 4.69) is 19.9 Å². The van der Waals surface area contributed by atoms with Crippen molar-refractivity contribution in [3.05, 3.63) is 34.6 Å². The molecule has 4 N–H and O–H groups in total. The molecule has 20 heavy (non-hydrogen) atoms. The molecule has 7 nitrogen and oxygen atoms in total. The first-order valence-electron chi connectivity index (χ1n) is 6.16. The zero-order chi connectivity index (χ0) is 14.1. The molecule has 102 valence electrons. The van der Waals surface area contributed by atoms with Gasteiger partial charge in [0, 0.05) is 5.56 Å². The zero-order valence-corrected chi connectivity index (χ0v) is 10.8. The highest BCUT2D eigenvalue weighted by molar-refractivity contribution is 5.75. The third-order valence-corrected chi connectivity index (χ3v) is 2.82. The lowest BCUT2D eigenvalue weighted by Crippen LogP contribution is -2.10. The summed E-state index contributed by atoms with van der Waals surface area (Å²) in [4.78, 5) is 25.3. The minimum absolute atomic E-state index is 0.0484. The molecule has 0 aliphatic heterocycles. The Labute approximate surface area is 113 Å². The normalized spacial score (nSPS) is 10.8. The molecule has 0 bridgehead atoms. The van der Waals surface area contributed by atoms with E-state index < -0.39 is 0 Å².